The summed E-state index contributed by atoms with van der Waals surface area (Å²) in [5, 5.41) is 0. The molecule has 0 radical (unpaired) electrons. The minimum Gasteiger partial charge on any atom is -0.454 e. The summed E-state index contributed by atoms with van der Waals surface area (Å²) in [5.74, 6) is 4.95. The molecule has 5 heteroatoms. The lowest BCUT2D eigenvalue weighted by Gasteiger charge is -2.56. The molecule has 0 bridgehead atoms. The van der Waals surface area contributed by atoms with Crippen LogP contribution in [-0.2, 0) is 17.6 Å². The molecule has 0 saturated heterocycles. The van der Waals surface area contributed by atoms with Gasteiger partial charge in [-0.1, -0.05) is 50.3 Å². The van der Waals surface area contributed by atoms with Crippen molar-refractivity contribution in [3.8, 4) is 23.0 Å². The van der Waals surface area contributed by atoms with Gasteiger partial charge in [0, 0.05) is 24.7 Å². The first-order valence-electron chi connectivity index (χ1n) is 15.4. The van der Waals surface area contributed by atoms with Crippen molar-refractivity contribution in [2.75, 3.05) is 13.6 Å². The molecule has 2 aliphatic carbocycles. The number of hydrogen-bond acceptors (Lipinski definition) is 5. The molecule has 0 spiro atoms. The summed E-state index contributed by atoms with van der Waals surface area (Å²) in [5.41, 5.74) is 4.10. The van der Waals surface area contributed by atoms with Gasteiger partial charge in [0.2, 0.25) is 13.6 Å². The Balaban J connectivity index is 1.45. The van der Waals surface area contributed by atoms with E-state index in [9.17, 15) is 0 Å². The molecule has 220 valence electrons. The van der Waals surface area contributed by atoms with Crippen molar-refractivity contribution in [2.24, 2.45) is 23.7 Å². The highest BCUT2D eigenvalue weighted by atomic mass is 16.7. The van der Waals surface area contributed by atoms with E-state index in [1.165, 1.54) is 35.1 Å². The molecule has 6 unspecified atom stereocenters. The molecule has 0 N–H and O–H groups in total. The van der Waals surface area contributed by atoms with Gasteiger partial charge >= 0.3 is 0 Å². The first-order chi connectivity index (χ1) is 19.7. The Hall–Kier alpha value is -2.92. The Morgan fingerprint density at radius 1 is 0.683 bits per heavy atom. The van der Waals surface area contributed by atoms with E-state index in [1.807, 2.05) is 0 Å². The summed E-state index contributed by atoms with van der Waals surface area (Å²) in [4.78, 5) is 0. The smallest absolute Gasteiger partial charge is 0.231 e. The summed E-state index contributed by atoms with van der Waals surface area (Å²) in [6, 6.07) is 12.8. The van der Waals surface area contributed by atoms with Gasteiger partial charge in [0.25, 0.3) is 0 Å². The molecule has 2 fully saturated rings. The largest absolute Gasteiger partial charge is 0.454 e. The summed E-state index contributed by atoms with van der Waals surface area (Å²) in [6.45, 7) is 18.8. The van der Waals surface area contributed by atoms with Crippen LogP contribution in [0.4, 0.5) is 0 Å². The lowest BCUT2D eigenvalue weighted by atomic mass is 9.63. The van der Waals surface area contributed by atoms with Crippen molar-refractivity contribution in [1.82, 2.24) is 0 Å². The average Bonchev–Trinajstić information content (AvgIpc) is 3.57. The highest BCUT2D eigenvalue weighted by Gasteiger charge is 2.53. The molecule has 0 amide bonds. The molecule has 2 heterocycles. The predicted molar refractivity (Wildman–Crippen MR) is 162 cm³/mol. The molecular formula is C36H46O5. The Bertz CT molecular complexity index is 1220. The first kappa shape index (κ1) is 28.2. The number of fused-ring (bicyclic) bond motifs is 2. The predicted octanol–water partition coefficient (Wildman–Crippen LogP) is 8.45. The first-order valence-corrected chi connectivity index (χ1v) is 15.4. The van der Waals surface area contributed by atoms with Crippen molar-refractivity contribution in [3.63, 3.8) is 0 Å². The van der Waals surface area contributed by atoms with Crippen molar-refractivity contribution in [1.29, 1.82) is 0 Å². The lowest BCUT2D eigenvalue weighted by molar-refractivity contribution is -0.225. The second-order valence-corrected chi connectivity index (χ2v) is 13.5. The van der Waals surface area contributed by atoms with Gasteiger partial charge in [0.15, 0.2) is 23.0 Å². The van der Waals surface area contributed by atoms with Crippen LogP contribution in [-0.4, -0.2) is 24.8 Å². The normalized spacial score (nSPS) is 32.1. The molecule has 2 aromatic carbocycles. The van der Waals surface area contributed by atoms with Gasteiger partial charge in [-0.15, -0.1) is 0 Å². The summed E-state index contributed by atoms with van der Waals surface area (Å²) in [6.07, 6.45) is 8.19. The highest BCUT2D eigenvalue weighted by molar-refractivity contribution is 5.46. The highest BCUT2D eigenvalue weighted by Crippen LogP contribution is 2.54. The van der Waals surface area contributed by atoms with E-state index >= 15 is 0 Å². The maximum Gasteiger partial charge on any atom is 0.231 e. The molecule has 6 rings (SSSR count). The Morgan fingerprint density at radius 2 is 1.10 bits per heavy atom. The zero-order chi connectivity index (χ0) is 28.8. The monoisotopic (exact) mass is 558 g/mol. The average molecular weight is 559 g/mol. The minimum absolute atomic E-state index is 0.265. The fourth-order valence-corrected chi connectivity index (χ4v) is 8.37. The van der Waals surface area contributed by atoms with Crippen LogP contribution in [0.1, 0.15) is 77.3 Å². The van der Waals surface area contributed by atoms with Crippen LogP contribution in [0.5, 0.6) is 23.0 Å². The van der Waals surface area contributed by atoms with Gasteiger partial charge < -0.3 is 23.7 Å². The second kappa shape index (κ2) is 11.1. The van der Waals surface area contributed by atoms with Crippen molar-refractivity contribution >= 4 is 0 Å². The summed E-state index contributed by atoms with van der Waals surface area (Å²) in [7, 11) is 0. The van der Waals surface area contributed by atoms with Crippen molar-refractivity contribution in [3.05, 3.63) is 71.8 Å². The lowest BCUT2D eigenvalue weighted by Crippen LogP contribution is -2.58. The van der Waals surface area contributed by atoms with Crippen LogP contribution in [0.25, 0.3) is 0 Å². The van der Waals surface area contributed by atoms with Gasteiger partial charge in [-0.25, -0.2) is 0 Å². The third kappa shape index (κ3) is 5.50. The zero-order valence-corrected chi connectivity index (χ0v) is 25.3. The molecule has 41 heavy (non-hydrogen) atoms. The van der Waals surface area contributed by atoms with E-state index in [-0.39, 0.29) is 25.4 Å². The molecule has 2 aliphatic heterocycles. The Labute approximate surface area is 245 Å². The molecule has 2 saturated carbocycles. The van der Waals surface area contributed by atoms with Gasteiger partial charge in [0.1, 0.15) is 0 Å². The number of rotatable bonds is 8. The van der Waals surface area contributed by atoms with Crippen LogP contribution in [0.3, 0.4) is 0 Å². The quantitative estimate of drug-likeness (QED) is 0.304. The fourth-order valence-electron chi connectivity index (χ4n) is 8.37. The van der Waals surface area contributed by atoms with E-state index in [1.54, 1.807) is 0 Å². The summed E-state index contributed by atoms with van der Waals surface area (Å²) >= 11 is 0. The maximum atomic E-state index is 7.98. The molecular weight excluding hydrogens is 512 g/mol. The minimum atomic E-state index is -0.391. The third-order valence-corrected chi connectivity index (χ3v) is 10.0. The van der Waals surface area contributed by atoms with E-state index in [2.05, 4.69) is 77.3 Å². The Kier molecular flexibility index (Phi) is 7.61. The van der Waals surface area contributed by atoms with E-state index in [0.29, 0.717) is 11.8 Å². The number of hydrogen-bond donors (Lipinski definition) is 0. The van der Waals surface area contributed by atoms with Gasteiger partial charge in [-0.2, -0.15) is 0 Å². The van der Waals surface area contributed by atoms with Crippen LogP contribution in [0.2, 0.25) is 0 Å². The molecule has 6 atom stereocenters. The standard InChI is InChI=1S/C36H46O5/c1-23(2)29-11-7-25(5)17-35(29,19-27-9-13-31-33(15-27)39-21-37-31)41-36(18-26(6)8-12-30(36)24(3)4)20-28-10-14-32-34(16-28)40-22-38-32/h9-10,13-16,25-26,29-30H,1,3,7-8,11-12,17-22H2,2,4-6H3. The molecule has 2 aromatic rings. The molecule has 0 aromatic heterocycles. The van der Waals surface area contributed by atoms with E-state index in [0.717, 1.165) is 61.5 Å². The zero-order valence-electron chi connectivity index (χ0n) is 25.3. The molecule has 4 aliphatic rings. The molecule has 5 nitrogen and oxygen atoms in total. The van der Waals surface area contributed by atoms with Crippen molar-refractivity contribution in [2.45, 2.75) is 90.3 Å². The summed E-state index contributed by atoms with van der Waals surface area (Å²) < 4.78 is 30.8. The number of benzene rings is 2. The topological polar surface area (TPSA) is 46.2 Å². The van der Waals surface area contributed by atoms with E-state index in [4.69, 9.17) is 23.7 Å². The third-order valence-electron chi connectivity index (χ3n) is 10.0. The second-order valence-electron chi connectivity index (χ2n) is 13.5. The van der Waals surface area contributed by atoms with Gasteiger partial charge in [-0.3, -0.25) is 0 Å². The van der Waals surface area contributed by atoms with Crippen LogP contribution in [0.15, 0.2) is 60.7 Å². The van der Waals surface area contributed by atoms with Crippen LogP contribution < -0.4 is 18.9 Å². The van der Waals surface area contributed by atoms with Crippen LogP contribution in [0, 0.1) is 23.7 Å². The van der Waals surface area contributed by atoms with Crippen LogP contribution >= 0.6 is 0 Å². The Morgan fingerprint density at radius 3 is 1.51 bits per heavy atom. The number of ether oxygens (including phenoxy) is 5. The van der Waals surface area contributed by atoms with Crippen molar-refractivity contribution < 1.29 is 23.7 Å². The van der Waals surface area contributed by atoms with E-state index < -0.39 is 11.2 Å². The fraction of sp³-hybridized carbons (Fsp3) is 0.556. The van der Waals surface area contributed by atoms with Gasteiger partial charge in [-0.05, 0) is 99.6 Å². The SMILES string of the molecule is C=C(C)C1CCC(C)CC1(Cc1ccc2c(c1)OCO2)OC1(Cc2ccc3c(c2)OCO3)CC(C)CCC1C(=C)C. The maximum absolute atomic E-state index is 7.98. The van der Waals surface area contributed by atoms with Gasteiger partial charge in [0.05, 0.1) is 11.2 Å².